The Morgan fingerprint density at radius 2 is 2.00 bits per heavy atom. The van der Waals surface area contributed by atoms with Crippen molar-refractivity contribution in [3.8, 4) is 5.75 Å². The normalized spacial score (nSPS) is 25.6. The molecule has 0 aliphatic heterocycles. The van der Waals surface area contributed by atoms with E-state index in [0.29, 0.717) is 12.0 Å². The lowest BCUT2D eigenvalue weighted by atomic mass is 9.70. The molecule has 0 spiro atoms. The van der Waals surface area contributed by atoms with E-state index in [1.54, 1.807) is 7.11 Å². The number of hydrogen-bond donors (Lipinski definition) is 0. The van der Waals surface area contributed by atoms with Crippen LogP contribution in [-0.2, 0) is 6.42 Å². The smallest absolute Gasteiger partial charge is 0.119 e. The molecule has 0 amide bonds. The third-order valence-corrected chi connectivity index (χ3v) is 4.85. The lowest BCUT2D eigenvalue weighted by Crippen LogP contribution is -2.44. The number of hydrogen-bond acceptors (Lipinski definition) is 2. The van der Waals surface area contributed by atoms with Gasteiger partial charge in [-0.05, 0) is 56.1 Å². The van der Waals surface area contributed by atoms with Gasteiger partial charge in [0.1, 0.15) is 5.75 Å². The molecule has 3 atom stereocenters. The Morgan fingerprint density at radius 3 is 2.55 bits per heavy atom. The second-order valence-electron chi connectivity index (χ2n) is 6.29. The van der Waals surface area contributed by atoms with Gasteiger partial charge in [0.15, 0.2) is 0 Å². The summed E-state index contributed by atoms with van der Waals surface area (Å²) in [5.74, 6) is 2.40. The van der Waals surface area contributed by atoms with Crippen molar-refractivity contribution in [3.63, 3.8) is 0 Å². The summed E-state index contributed by atoms with van der Waals surface area (Å²) in [5, 5.41) is 0. The van der Waals surface area contributed by atoms with Gasteiger partial charge in [-0.15, -0.1) is 0 Å². The second-order valence-corrected chi connectivity index (χ2v) is 6.29. The van der Waals surface area contributed by atoms with Gasteiger partial charge in [-0.2, -0.15) is 0 Å². The van der Waals surface area contributed by atoms with E-state index in [4.69, 9.17) is 4.74 Å². The molecule has 0 radical (unpaired) electrons. The van der Waals surface area contributed by atoms with Crippen LogP contribution in [0.15, 0.2) is 18.2 Å². The first-order valence-corrected chi connectivity index (χ1v) is 7.95. The van der Waals surface area contributed by atoms with Crippen LogP contribution in [0.4, 0.5) is 0 Å². The molecule has 0 saturated heterocycles. The molecule has 0 saturated carbocycles. The zero-order valence-electron chi connectivity index (χ0n) is 13.6. The number of fused-ring (bicyclic) bond motifs is 1. The summed E-state index contributed by atoms with van der Waals surface area (Å²) in [4.78, 5) is 2.44. The number of likely N-dealkylation sites (N-methyl/N-ethyl adjacent to an activating group) is 1. The minimum Gasteiger partial charge on any atom is -0.497 e. The molecule has 2 rings (SSSR count). The number of methoxy groups -OCH3 is 1. The van der Waals surface area contributed by atoms with Gasteiger partial charge < -0.3 is 9.64 Å². The Kier molecular flexibility index (Phi) is 5.09. The lowest BCUT2D eigenvalue weighted by molar-refractivity contribution is 0.152. The third-order valence-electron chi connectivity index (χ3n) is 4.85. The average Bonchev–Trinajstić information content (AvgIpc) is 2.46. The molecule has 112 valence electrons. The molecule has 1 aromatic rings. The lowest BCUT2D eigenvalue weighted by Gasteiger charge is -2.43. The van der Waals surface area contributed by atoms with Crippen molar-refractivity contribution < 1.29 is 4.74 Å². The highest BCUT2D eigenvalue weighted by Gasteiger charge is 2.36. The van der Waals surface area contributed by atoms with Gasteiger partial charge in [-0.1, -0.05) is 32.8 Å². The van der Waals surface area contributed by atoms with Crippen LogP contribution in [0.5, 0.6) is 5.75 Å². The number of benzene rings is 1. The van der Waals surface area contributed by atoms with Crippen LogP contribution in [0.3, 0.4) is 0 Å². The summed E-state index contributed by atoms with van der Waals surface area (Å²) in [6.07, 6.45) is 4.97. The topological polar surface area (TPSA) is 12.5 Å². The van der Waals surface area contributed by atoms with E-state index in [0.717, 1.165) is 11.7 Å². The monoisotopic (exact) mass is 275 g/mol. The minimum atomic E-state index is 0.638. The highest BCUT2D eigenvalue weighted by Crippen LogP contribution is 2.42. The predicted octanol–water partition coefficient (Wildman–Crippen LogP) is 4.09. The fraction of sp³-hybridized carbons (Fsp3) is 0.667. The van der Waals surface area contributed by atoms with Crippen molar-refractivity contribution in [1.29, 1.82) is 0 Å². The highest BCUT2D eigenvalue weighted by atomic mass is 16.5. The van der Waals surface area contributed by atoms with Gasteiger partial charge in [-0.25, -0.2) is 0 Å². The van der Waals surface area contributed by atoms with Crippen molar-refractivity contribution in [2.45, 2.75) is 51.5 Å². The quantitative estimate of drug-likeness (QED) is 0.802. The molecule has 1 aliphatic carbocycles. The molecular formula is C18H29NO. The summed E-state index contributed by atoms with van der Waals surface area (Å²) in [6.45, 7) is 4.63. The van der Waals surface area contributed by atoms with Crippen LogP contribution in [0, 0.1) is 5.92 Å². The molecule has 0 N–H and O–H groups in total. The SMILES string of the molecule is CCCC1c2cc(OC)ccc2C[C@H](CC)C1N(C)C. The molecule has 0 aromatic heterocycles. The molecular weight excluding hydrogens is 246 g/mol. The van der Waals surface area contributed by atoms with E-state index >= 15 is 0 Å². The Morgan fingerprint density at radius 1 is 1.25 bits per heavy atom. The molecule has 0 fully saturated rings. The average molecular weight is 275 g/mol. The Hall–Kier alpha value is -1.02. The fourth-order valence-corrected chi connectivity index (χ4v) is 3.95. The summed E-state index contributed by atoms with van der Waals surface area (Å²) in [7, 11) is 6.24. The van der Waals surface area contributed by atoms with Gasteiger partial charge in [0.2, 0.25) is 0 Å². The molecule has 0 heterocycles. The fourth-order valence-electron chi connectivity index (χ4n) is 3.95. The number of nitrogens with zero attached hydrogens (tertiary/aromatic N) is 1. The van der Waals surface area contributed by atoms with E-state index in [9.17, 15) is 0 Å². The van der Waals surface area contributed by atoms with E-state index < -0.39 is 0 Å². The number of rotatable bonds is 5. The van der Waals surface area contributed by atoms with Crippen LogP contribution < -0.4 is 4.74 Å². The summed E-state index contributed by atoms with van der Waals surface area (Å²) in [6, 6.07) is 7.33. The zero-order valence-corrected chi connectivity index (χ0v) is 13.6. The maximum Gasteiger partial charge on any atom is 0.119 e. The van der Waals surface area contributed by atoms with Crippen LogP contribution in [0.25, 0.3) is 0 Å². The standard InChI is InChI=1S/C18H29NO/c1-6-8-16-17-12-15(20-5)10-9-14(17)11-13(7-2)18(16)19(3)4/h9-10,12-13,16,18H,6-8,11H2,1-5H3/t13-,16?,18?/m0/s1. The second kappa shape index (κ2) is 6.62. The van der Waals surface area contributed by atoms with Gasteiger partial charge in [0, 0.05) is 12.0 Å². The Bertz CT molecular complexity index is 441. The maximum atomic E-state index is 5.44. The van der Waals surface area contributed by atoms with Crippen LogP contribution in [0.2, 0.25) is 0 Å². The molecule has 2 unspecified atom stereocenters. The first-order valence-electron chi connectivity index (χ1n) is 7.95. The number of ether oxygens (including phenoxy) is 1. The van der Waals surface area contributed by atoms with Gasteiger partial charge in [-0.3, -0.25) is 0 Å². The van der Waals surface area contributed by atoms with Crippen molar-refractivity contribution in [1.82, 2.24) is 4.90 Å². The van der Waals surface area contributed by atoms with E-state index in [2.05, 4.69) is 51.0 Å². The van der Waals surface area contributed by atoms with Crippen molar-refractivity contribution in [2.24, 2.45) is 5.92 Å². The Labute approximate surface area is 124 Å². The highest BCUT2D eigenvalue weighted by molar-refractivity contribution is 5.41. The maximum absolute atomic E-state index is 5.44. The van der Waals surface area contributed by atoms with Crippen molar-refractivity contribution in [3.05, 3.63) is 29.3 Å². The predicted molar refractivity (Wildman–Crippen MR) is 85.6 cm³/mol. The van der Waals surface area contributed by atoms with Crippen LogP contribution >= 0.6 is 0 Å². The summed E-state index contributed by atoms with van der Waals surface area (Å²) >= 11 is 0. The third kappa shape index (κ3) is 2.85. The molecule has 1 aliphatic rings. The van der Waals surface area contributed by atoms with E-state index in [-0.39, 0.29) is 0 Å². The first kappa shape index (κ1) is 15.4. The Balaban J connectivity index is 2.45. The molecule has 2 heteroatoms. The van der Waals surface area contributed by atoms with Gasteiger partial charge >= 0.3 is 0 Å². The summed E-state index contributed by atoms with van der Waals surface area (Å²) in [5.41, 5.74) is 3.06. The zero-order chi connectivity index (χ0) is 14.7. The largest absolute Gasteiger partial charge is 0.497 e. The molecule has 0 bridgehead atoms. The van der Waals surface area contributed by atoms with E-state index in [1.165, 1.54) is 36.8 Å². The van der Waals surface area contributed by atoms with Crippen LogP contribution in [0.1, 0.15) is 50.2 Å². The van der Waals surface area contributed by atoms with Crippen LogP contribution in [-0.4, -0.2) is 32.1 Å². The van der Waals surface area contributed by atoms with E-state index in [1.807, 2.05) is 0 Å². The van der Waals surface area contributed by atoms with Crippen molar-refractivity contribution in [2.75, 3.05) is 21.2 Å². The van der Waals surface area contributed by atoms with Gasteiger partial charge in [0.25, 0.3) is 0 Å². The van der Waals surface area contributed by atoms with Gasteiger partial charge in [0.05, 0.1) is 7.11 Å². The minimum absolute atomic E-state index is 0.638. The first-order chi connectivity index (χ1) is 9.62. The molecule has 1 aromatic carbocycles. The summed E-state index contributed by atoms with van der Waals surface area (Å²) < 4.78 is 5.44. The molecule has 2 nitrogen and oxygen atoms in total. The van der Waals surface area contributed by atoms with Crippen molar-refractivity contribution >= 4 is 0 Å². The molecule has 20 heavy (non-hydrogen) atoms.